The van der Waals surface area contributed by atoms with Gasteiger partial charge in [0.1, 0.15) is 0 Å². The molecule has 29 heavy (non-hydrogen) atoms. The average Bonchev–Trinajstić information content (AvgIpc) is 2.73. The maximum absolute atomic E-state index is 12.2. The summed E-state index contributed by atoms with van der Waals surface area (Å²) in [4.78, 5) is 24.3. The Balaban J connectivity index is 1.86. The number of ether oxygens (including phenoxy) is 3. The number of anilines is 1. The fourth-order valence-corrected chi connectivity index (χ4v) is 2.61. The number of rotatable bonds is 10. The molecule has 0 aliphatic carbocycles. The van der Waals surface area contributed by atoms with Crippen LogP contribution in [0.3, 0.4) is 0 Å². The Labute approximate surface area is 171 Å². The van der Waals surface area contributed by atoms with Gasteiger partial charge in [-0.25, -0.2) is 4.79 Å². The Hall–Kier alpha value is -3.28. The lowest BCUT2D eigenvalue weighted by Crippen LogP contribution is -2.31. The van der Waals surface area contributed by atoms with Crippen molar-refractivity contribution < 1.29 is 23.8 Å². The average molecular weight is 397 g/mol. The van der Waals surface area contributed by atoms with E-state index in [-0.39, 0.29) is 6.61 Å². The summed E-state index contributed by atoms with van der Waals surface area (Å²) in [5, 5.41) is 2.72. The van der Waals surface area contributed by atoms with E-state index in [4.69, 9.17) is 14.2 Å². The van der Waals surface area contributed by atoms with Crippen LogP contribution in [0.4, 0.5) is 5.69 Å². The third kappa shape index (κ3) is 6.68. The quantitative estimate of drug-likeness (QED) is 0.486. The zero-order valence-corrected chi connectivity index (χ0v) is 17.1. The summed E-state index contributed by atoms with van der Waals surface area (Å²) in [7, 11) is 1.53. The third-order valence-corrected chi connectivity index (χ3v) is 4.26. The zero-order valence-electron chi connectivity index (χ0n) is 17.1. The molecule has 0 aromatic heterocycles. The first kappa shape index (κ1) is 22.0. The number of nitrogens with one attached hydrogen (secondary N) is 1. The monoisotopic (exact) mass is 397 g/mol. The second-order valence-corrected chi connectivity index (χ2v) is 6.44. The van der Waals surface area contributed by atoms with Crippen LogP contribution in [0.2, 0.25) is 0 Å². The lowest BCUT2D eigenvalue weighted by atomic mass is 10.1. The smallest absolute Gasteiger partial charge is 0.344 e. The van der Waals surface area contributed by atoms with Crippen LogP contribution in [0.25, 0.3) is 0 Å². The predicted molar refractivity (Wildman–Crippen MR) is 112 cm³/mol. The lowest BCUT2D eigenvalue weighted by molar-refractivity contribution is -0.155. The minimum Gasteiger partial charge on any atom is -0.493 e. The van der Waals surface area contributed by atoms with E-state index in [1.165, 1.54) is 19.6 Å². The molecular weight excluding hydrogens is 370 g/mol. The molecule has 2 aromatic carbocycles. The fraction of sp³-hybridized carbons (Fsp3) is 0.304. The Morgan fingerprint density at radius 1 is 1.10 bits per heavy atom. The minimum absolute atomic E-state index is 0.333. The number of amides is 1. The number of carbonyl (C=O) groups is 2. The van der Waals surface area contributed by atoms with Crippen molar-refractivity contribution >= 4 is 17.6 Å². The summed E-state index contributed by atoms with van der Waals surface area (Å²) in [6.07, 6.45) is 2.46. The molecule has 0 saturated heterocycles. The van der Waals surface area contributed by atoms with E-state index in [2.05, 4.69) is 18.8 Å². The van der Waals surface area contributed by atoms with Crippen molar-refractivity contribution in [2.75, 3.05) is 19.0 Å². The van der Waals surface area contributed by atoms with Crippen molar-refractivity contribution in [3.05, 3.63) is 66.2 Å². The van der Waals surface area contributed by atoms with Crippen LogP contribution in [0, 0.1) is 0 Å². The van der Waals surface area contributed by atoms with Gasteiger partial charge in [0.25, 0.3) is 5.91 Å². The molecule has 0 bridgehead atoms. The van der Waals surface area contributed by atoms with Gasteiger partial charge in [0.15, 0.2) is 24.2 Å². The van der Waals surface area contributed by atoms with Crippen molar-refractivity contribution in [1.82, 2.24) is 0 Å². The van der Waals surface area contributed by atoms with Gasteiger partial charge in [-0.05, 0) is 55.2 Å². The number of carbonyl (C=O) groups excluding carboxylic acids is 2. The number of methoxy groups -OCH3 is 1. The maximum atomic E-state index is 12.2. The van der Waals surface area contributed by atoms with Crippen molar-refractivity contribution in [3.8, 4) is 11.5 Å². The first-order valence-electron chi connectivity index (χ1n) is 9.46. The number of allylic oxidation sites excluding steroid dienone is 1. The van der Waals surface area contributed by atoms with E-state index in [0.717, 1.165) is 12.0 Å². The Morgan fingerprint density at radius 3 is 2.41 bits per heavy atom. The van der Waals surface area contributed by atoms with Gasteiger partial charge in [-0.15, -0.1) is 6.58 Å². The summed E-state index contributed by atoms with van der Waals surface area (Å²) < 4.78 is 15.9. The zero-order chi connectivity index (χ0) is 21.2. The molecule has 0 heterocycles. The van der Waals surface area contributed by atoms with Gasteiger partial charge in [0, 0.05) is 5.69 Å². The number of benzene rings is 2. The van der Waals surface area contributed by atoms with Gasteiger partial charge in [-0.3, -0.25) is 4.79 Å². The molecule has 1 amide bonds. The normalized spacial score (nSPS) is 11.3. The standard InChI is InChI=1S/C23H27NO5/c1-5-7-18-10-13-20(21(14-18)27-4)28-15-22(25)29-16(3)23(26)24-19-11-8-17(6-2)9-12-19/h5,8-14,16H,1,6-7,15H2,2-4H3,(H,24,26)/t16-/m1/s1. The second kappa shape index (κ2) is 10.9. The molecule has 2 rings (SSSR count). The highest BCUT2D eigenvalue weighted by molar-refractivity contribution is 5.95. The van der Waals surface area contributed by atoms with Gasteiger partial charge in [0.2, 0.25) is 0 Å². The van der Waals surface area contributed by atoms with Crippen molar-refractivity contribution in [2.45, 2.75) is 32.8 Å². The molecule has 0 aliphatic rings. The van der Waals surface area contributed by atoms with Gasteiger partial charge >= 0.3 is 5.97 Å². The van der Waals surface area contributed by atoms with Crippen LogP contribution in [0.1, 0.15) is 25.0 Å². The van der Waals surface area contributed by atoms with E-state index in [9.17, 15) is 9.59 Å². The first-order valence-corrected chi connectivity index (χ1v) is 9.46. The van der Waals surface area contributed by atoms with Crippen molar-refractivity contribution in [2.24, 2.45) is 0 Å². The van der Waals surface area contributed by atoms with Gasteiger partial charge < -0.3 is 19.5 Å². The largest absolute Gasteiger partial charge is 0.493 e. The highest BCUT2D eigenvalue weighted by Crippen LogP contribution is 2.28. The Bertz CT molecular complexity index is 845. The summed E-state index contributed by atoms with van der Waals surface area (Å²) in [5.41, 5.74) is 2.84. The molecule has 6 nitrogen and oxygen atoms in total. The summed E-state index contributed by atoms with van der Waals surface area (Å²) >= 11 is 0. The SMILES string of the molecule is C=CCc1ccc(OCC(=O)O[C@H](C)C(=O)Nc2ccc(CC)cc2)c(OC)c1. The lowest BCUT2D eigenvalue weighted by Gasteiger charge is -2.15. The third-order valence-electron chi connectivity index (χ3n) is 4.26. The Kier molecular flexibility index (Phi) is 8.27. The van der Waals surface area contributed by atoms with E-state index >= 15 is 0 Å². The van der Waals surface area contributed by atoms with Gasteiger partial charge in [0.05, 0.1) is 7.11 Å². The molecule has 0 unspecified atom stereocenters. The van der Waals surface area contributed by atoms with Crippen molar-refractivity contribution in [3.63, 3.8) is 0 Å². The molecule has 0 spiro atoms. The number of esters is 1. The number of hydrogen-bond acceptors (Lipinski definition) is 5. The first-order chi connectivity index (χ1) is 14.0. The summed E-state index contributed by atoms with van der Waals surface area (Å²) in [6.45, 7) is 6.94. The van der Waals surface area contributed by atoms with Crippen LogP contribution in [-0.4, -0.2) is 31.7 Å². The van der Waals surface area contributed by atoms with Crippen LogP contribution in [-0.2, 0) is 27.2 Å². The molecule has 0 radical (unpaired) electrons. The molecule has 6 heteroatoms. The van der Waals surface area contributed by atoms with Crippen LogP contribution in [0.5, 0.6) is 11.5 Å². The highest BCUT2D eigenvalue weighted by Gasteiger charge is 2.19. The van der Waals surface area contributed by atoms with Crippen LogP contribution < -0.4 is 14.8 Å². The summed E-state index contributed by atoms with van der Waals surface area (Å²) in [5.74, 6) is -0.121. The molecule has 154 valence electrons. The molecule has 0 fully saturated rings. The van der Waals surface area contributed by atoms with Gasteiger partial charge in [-0.2, -0.15) is 0 Å². The maximum Gasteiger partial charge on any atom is 0.344 e. The minimum atomic E-state index is -0.950. The van der Waals surface area contributed by atoms with Gasteiger partial charge in [-0.1, -0.05) is 31.2 Å². The topological polar surface area (TPSA) is 73.9 Å². The molecular formula is C23H27NO5. The van der Waals surface area contributed by atoms with E-state index in [0.29, 0.717) is 23.6 Å². The summed E-state index contributed by atoms with van der Waals surface area (Å²) in [6, 6.07) is 12.9. The Morgan fingerprint density at radius 2 is 1.79 bits per heavy atom. The highest BCUT2D eigenvalue weighted by atomic mass is 16.6. The number of aryl methyl sites for hydroxylation is 1. The van der Waals surface area contributed by atoms with Crippen LogP contribution >= 0.6 is 0 Å². The molecule has 0 aliphatic heterocycles. The fourth-order valence-electron chi connectivity index (χ4n) is 2.61. The predicted octanol–water partition coefficient (Wildman–Crippen LogP) is 3.94. The molecule has 0 saturated carbocycles. The number of hydrogen-bond donors (Lipinski definition) is 1. The van der Waals surface area contributed by atoms with E-state index in [1.807, 2.05) is 36.4 Å². The molecule has 2 aromatic rings. The van der Waals surface area contributed by atoms with E-state index in [1.54, 1.807) is 12.1 Å². The second-order valence-electron chi connectivity index (χ2n) is 6.44. The molecule has 1 atom stereocenters. The van der Waals surface area contributed by atoms with Crippen molar-refractivity contribution in [1.29, 1.82) is 0 Å². The van der Waals surface area contributed by atoms with Crippen LogP contribution in [0.15, 0.2) is 55.1 Å². The van der Waals surface area contributed by atoms with E-state index < -0.39 is 18.0 Å². The molecule has 1 N–H and O–H groups in total.